The Balaban J connectivity index is 0.00000162. The highest BCUT2D eigenvalue weighted by atomic mass is 35.5. The van der Waals surface area contributed by atoms with Crippen molar-refractivity contribution in [2.24, 2.45) is 11.3 Å². The van der Waals surface area contributed by atoms with E-state index in [2.05, 4.69) is 24.1 Å². The van der Waals surface area contributed by atoms with Gasteiger partial charge >= 0.3 is 0 Å². The molecule has 1 amide bonds. The van der Waals surface area contributed by atoms with E-state index >= 15 is 0 Å². The molecule has 0 saturated carbocycles. The number of amides is 1. The molecule has 0 spiro atoms. The van der Waals surface area contributed by atoms with Crippen molar-refractivity contribution in [3.63, 3.8) is 0 Å². The summed E-state index contributed by atoms with van der Waals surface area (Å²) in [4.78, 5) is 14.5. The van der Waals surface area contributed by atoms with E-state index in [0.29, 0.717) is 11.3 Å². The Labute approximate surface area is 117 Å². The molecule has 4 heteroatoms. The van der Waals surface area contributed by atoms with Crippen molar-refractivity contribution in [1.29, 1.82) is 0 Å². The minimum absolute atomic E-state index is 0. The average molecular weight is 275 g/mol. The number of piperidine rings is 1. The predicted octanol–water partition coefficient (Wildman–Crippen LogP) is 2.45. The molecule has 2 heterocycles. The zero-order valence-electron chi connectivity index (χ0n) is 11.7. The third-order valence-electron chi connectivity index (χ3n) is 4.36. The van der Waals surface area contributed by atoms with Crippen LogP contribution in [0.15, 0.2) is 0 Å². The van der Waals surface area contributed by atoms with E-state index in [0.717, 1.165) is 32.6 Å². The van der Waals surface area contributed by atoms with Gasteiger partial charge in [-0.15, -0.1) is 12.4 Å². The monoisotopic (exact) mass is 274 g/mol. The topological polar surface area (TPSA) is 32.3 Å². The third-order valence-corrected chi connectivity index (χ3v) is 4.36. The largest absolute Gasteiger partial charge is 0.342 e. The summed E-state index contributed by atoms with van der Waals surface area (Å²) < 4.78 is 0. The number of hydrogen-bond acceptors (Lipinski definition) is 2. The molecule has 0 aromatic carbocycles. The fraction of sp³-hybridized carbons (Fsp3) is 0.929. The summed E-state index contributed by atoms with van der Waals surface area (Å²) in [5, 5.41) is 3.29. The van der Waals surface area contributed by atoms with E-state index in [1.807, 2.05) is 0 Å². The van der Waals surface area contributed by atoms with Crippen molar-refractivity contribution in [3.8, 4) is 0 Å². The van der Waals surface area contributed by atoms with Crippen LogP contribution in [0.25, 0.3) is 0 Å². The van der Waals surface area contributed by atoms with Gasteiger partial charge in [-0.25, -0.2) is 0 Å². The van der Waals surface area contributed by atoms with Gasteiger partial charge in [-0.3, -0.25) is 4.79 Å². The molecule has 2 atom stereocenters. The number of rotatable bonds is 3. The standard InChI is InChI=1S/C14H26N2O.ClH/c1-3-6-14(2)7-4-9-16(11-14)13(17)12-5-8-15-10-12;/h12,15H,3-11H2,1-2H3;1H. The minimum atomic E-state index is 0. The van der Waals surface area contributed by atoms with Gasteiger partial charge in [0.25, 0.3) is 0 Å². The lowest BCUT2D eigenvalue weighted by Gasteiger charge is -2.41. The van der Waals surface area contributed by atoms with E-state index in [-0.39, 0.29) is 18.3 Å². The summed E-state index contributed by atoms with van der Waals surface area (Å²) in [7, 11) is 0. The van der Waals surface area contributed by atoms with Crippen LogP contribution in [0.1, 0.15) is 46.0 Å². The lowest BCUT2D eigenvalue weighted by Crippen LogP contribution is -2.47. The maximum atomic E-state index is 12.4. The number of likely N-dealkylation sites (tertiary alicyclic amines) is 1. The summed E-state index contributed by atoms with van der Waals surface area (Å²) >= 11 is 0. The van der Waals surface area contributed by atoms with Crippen molar-refractivity contribution in [2.45, 2.75) is 46.0 Å². The first-order chi connectivity index (χ1) is 8.14. The molecule has 1 N–H and O–H groups in total. The Morgan fingerprint density at radius 3 is 2.89 bits per heavy atom. The van der Waals surface area contributed by atoms with Gasteiger partial charge in [-0.05, 0) is 37.6 Å². The summed E-state index contributed by atoms with van der Waals surface area (Å²) in [5.74, 6) is 0.649. The van der Waals surface area contributed by atoms with Crippen LogP contribution in [0.5, 0.6) is 0 Å². The van der Waals surface area contributed by atoms with E-state index in [9.17, 15) is 4.79 Å². The minimum Gasteiger partial charge on any atom is -0.342 e. The summed E-state index contributed by atoms with van der Waals surface area (Å²) in [6, 6.07) is 0. The van der Waals surface area contributed by atoms with Crippen molar-refractivity contribution in [2.75, 3.05) is 26.2 Å². The van der Waals surface area contributed by atoms with Gasteiger partial charge in [0.15, 0.2) is 0 Å². The van der Waals surface area contributed by atoms with Gasteiger partial charge in [0.1, 0.15) is 0 Å². The zero-order valence-corrected chi connectivity index (χ0v) is 12.5. The number of carbonyl (C=O) groups excluding carboxylic acids is 1. The molecule has 0 radical (unpaired) electrons. The summed E-state index contributed by atoms with van der Waals surface area (Å²) in [6.45, 7) is 8.46. The quantitative estimate of drug-likeness (QED) is 0.857. The fourth-order valence-corrected chi connectivity index (χ4v) is 3.43. The van der Waals surface area contributed by atoms with Crippen LogP contribution in [-0.2, 0) is 4.79 Å². The molecule has 2 unspecified atom stereocenters. The Hall–Kier alpha value is -0.280. The lowest BCUT2D eigenvalue weighted by molar-refractivity contribution is -0.138. The molecule has 18 heavy (non-hydrogen) atoms. The highest BCUT2D eigenvalue weighted by molar-refractivity contribution is 5.85. The van der Waals surface area contributed by atoms with Gasteiger partial charge in [-0.2, -0.15) is 0 Å². The highest BCUT2D eigenvalue weighted by Crippen LogP contribution is 2.34. The van der Waals surface area contributed by atoms with Crippen LogP contribution < -0.4 is 5.32 Å². The second-order valence-corrected chi connectivity index (χ2v) is 6.11. The molecule has 2 saturated heterocycles. The normalized spacial score (nSPS) is 32.1. The Bertz CT molecular complexity index is 275. The van der Waals surface area contributed by atoms with Gasteiger partial charge < -0.3 is 10.2 Å². The molecule has 2 aliphatic rings. The SMILES string of the molecule is CCCC1(C)CCCN(C(=O)C2CCNC2)C1.Cl. The fourth-order valence-electron chi connectivity index (χ4n) is 3.43. The molecule has 3 nitrogen and oxygen atoms in total. The average Bonchev–Trinajstić information content (AvgIpc) is 2.81. The first-order valence-corrected chi connectivity index (χ1v) is 7.14. The van der Waals surface area contributed by atoms with Crippen molar-refractivity contribution in [3.05, 3.63) is 0 Å². The highest BCUT2D eigenvalue weighted by Gasteiger charge is 2.35. The summed E-state index contributed by atoms with van der Waals surface area (Å²) in [5.41, 5.74) is 0.370. The maximum absolute atomic E-state index is 12.4. The number of nitrogens with zero attached hydrogens (tertiary/aromatic N) is 1. The van der Waals surface area contributed by atoms with E-state index in [4.69, 9.17) is 0 Å². The third kappa shape index (κ3) is 3.61. The maximum Gasteiger partial charge on any atom is 0.227 e. The van der Waals surface area contributed by atoms with Gasteiger partial charge in [0, 0.05) is 19.6 Å². The molecule has 2 fully saturated rings. The molecule has 0 aliphatic carbocycles. The van der Waals surface area contributed by atoms with Gasteiger partial charge in [0.2, 0.25) is 5.91 Å². The number of carbonyl (C=O) groups is 1. The molecule has 0 aromatic rings. The molecule has 2 aliphatic heterocycles. The van der Waals surface area contributed by atoms with E-state index < -0.39 is 0 Å². The van der Waals surface area contributed by atoms with Crippen molar-refractivity contribution < 1.29 is 4.79 Å². The van der Waals surface area contributed by atoms with E-state index in [1.54, 1.807) is 0 Å². The predicted molar refractivity (Wildman–Crippen MR) is 77.1 cm³/mol. The molecule has 106 valence electrons. The van der Waals surface area contributed by atoms with Crippen molar-refractivity contribution in [1.82, 2.24) is 10.2 Å². The number of nitrogens with one attached hydrogen (secondary N) is 1. The molecular weight excluding hydrogens is 248 g/mol. The molecule has 0 aromatic heterocycles. The second-order valence-electron chi connectivity index (χ2n) is 6.11. The lowest BCUT2D eigenvalue weighted by atomic mass is 9.78. The Morgan fingerprint density at radius 2 is 2.28 bits per heavy atom. The first-order valence-electron chi connectivity index (χ1n) is 7.14. The van der Waals surface area contributed by atoms with Gasteiger partial charge in [0.05, 0.1) is 5.92 Å². The van der Waals surface area contributed by atoms with Crippen LogP contribution >= 0.6 is 12.4 Å². The van der Waals surface area contributed by atoms with Crippen LogP contribution in [0, 0.1) is 11.3 Å². The molecular formula is C14H27ClN2O. The summed E-state index contributed by atoms with van der Waals surface area (Å²) in [6.07, 6.45) is 5.97. The van der Waals surface area contributed by atoms with Crippen LogP contribution in [0.4, 0.5) is 0 Å². The first kappa shape index (κ1) is 15.8. The number of hydrogen-bond donors (Lipinski definition) is 1. The van der Waals surface area contributed by atoms with Crippen molar-refractivity contribution >= 4 is 18.3 Å². The smallest absolute Gasteiger partial charge is 0.227 e. The second kappa shape index (κ2) is 6.76. The van der Waals surface area contributed by atoms with Crippen LogP contribution in [0.2, 0.25) is 0 Å². The molecule has 2 rings (SSSR count). The van der Waals surface area contributed by atoms with Gasteiger partial charge in [-0.1, -0.05) is 20.3 Å². The zero-order chi connectivity index (χ0) is 12.3. The Kier molecular flexibility index (Phi) is 5.93. The van der Waals surface area contributed by atoms with Crippen LogP contribution in [0.3, 0.4) is 0 Å². The van der Waals surface area contributed by atoms with Crippen LogP contribution in [-0.4, -0.2) is 37.0 Å². The Morgan fingerprint density at radius 1 is 1.50 bits per heavy atom. The molecule has 0 bridgehead atoms. The van der Waals surface area contributed by atoms with E-state index in [1.165, 1.54) is 25.7 Å². The number of halogens is 1.